The van der Waals surface area contributed by atoms with E-state index in [1.807, 2.05) is 6.92 Å². The van der Waals surface area contributed by atoms with Crippen molar-refractivity contribution in [2.45, 2.75) is 19.8 Å². The van der Waals surface area contributed by atoms with Crippen LogP contribution in [0, 0.1) is 5.82 Å². The lowest BCUT2D eigenvalue weighted by molar-refractivity contribution is -0.152. The predicted octanol–water partition coefficient (Wildman–Crippen LogP) is 2.85. The molecule has 5 nitrogen and oxygen atoms in total. The van der Waals surface area contributed by atoms with Crippen LogP contribution >= 0.6 is 15.9 Å². The first-order valence-electron chi connectivity index (χ1n) is 6.42. The maximum atomic E-state index is 12.9. The highest BCUT2D eigenvalue weighted by Crippen LogP contribution is 2.25. The van der Waals surface area contributed by atoms with Crippen molar-refractivity contribution >= 4 is 27.9 Å². The Morgan fingerprint density at radius 1 is 1.24 bits per heavy atom. The highest BCUT2D eigenvalue weighted by molar-refractivity contribution is 9.10. The molecule has 1 aromatic rings. The smallest absolute Gasteiger partial charge is 0.337 e. The number of ether oxygens (including phenoxy) is 3. The van der Waals surface area contributed by atoms with Gasteiger partial charge in [0.25, 0.3) is 0 Å². The quantitative estimate of drug-likeness (QED) is 0.404. The zero-order chi connectivity index (χ0) is 15.7. The van der Waals surface area contributed by atoms with Crippen LogP contribution in [0.25, 0.3) is 0 Å². The van der Waals surface area contributed by atoms with Gasteiger partial charge in [0.15, 0.2) is 0 Å². The van der Waals surface area contributed by atoms with Crippen molar-refractivity contribution in [3.05, 3.63) is 28.5 Å². The van der Waals surface area contributed by atoms with Crippen LogP contribution in [0.1, 0.15) is 19.8 Å². The molecule has 0 saturated heterocycles. The lowest BCUT2D eigenvalue weighted by atomic mass is 10.3. The maximum absolute atomic E-state index is 12.9. The summed E-state index contributed by atoms with van der Waals surface area (Å²) in [5.41, 5.74) is 0. The molecule has 21 heavy (non-hydrogen) atoms. The summed E-state index contributed by atoms with van der Waals surface area (Å²) in [5.74, 6) is -1.49. The molecule has 7 heteroatoms. The van der Waals surface area contributed by atoms with Crippen LogP contribution < -0.4 is 4.74 Å². The van der Waals surface area contributed by atoms with E-state index in [2.05, 4.69) is 15.9 Å². The van der Waals surface area contributed by atoms with Gasteiger partial charge in [0.1, 0.15) is 24.8 Å². The topological polar surface area (TPSA) is 61.8 Å². The second-order valence-electron chi connectivity index (χ2n) is 4.12. The molecular weight excluding hydrogens is 347 g/mol. The molecule has 116 valence electrons. The average Bonchev–Trinajstić information content (AvgIpc) is 2.42. The Kier molecular flexibility index (Phi) is 7.92. The number of esters is 2. The summed E-state index contributed by atoms with van der Waals surface area (Å²) in [7, 11) is 0. The Labute approximate surface area is 130 Å². The van der Waals surface area contributed by atoms with Gasteiger partial charge in [-0.25, -0.2) is 14.0 Å². The Morgan fingerprint density at radius 3 is 2.62 bits per heavy atom. The van der Waals surface area contributed by atoms with Gasteiger partial charge in [-0.05, 0) is 40.5 Å². The minimum atomic E-state index is -0.691. The molecule has 0 unspecified atom stereocenters. The van der Waals surface area contributed by atoms with E-state index in [1.54, 1.807) is 0 Å². The fraction of sp³-hybridized carbons (Fsp3) is 0.429. The lowest BCUT2D eigenvalue weighted by Gasteiger charge is -2.07. The van der Waals surface area contributed by atoms with Crippen molar-refractivity contribution in [3.63, 3.8) is 0 Å². The number of benzene rings is 1. The number of halogens is 2. The molecular formula is C14H16BrFO5. The number of unbranched alkanes of at least 4 members (excludes halogenated alkanes) is 1. The van der Waals surface area contributed by atoms with Crippen LogP contribution in [0.5, 0.6) is 5.75 Å². The molecule has 0 radical (unpaired) electrons. The van der Waals surface area contributed by atoms with Crippen LogP contribution in [0.15, 0.2) is 22.7 Å². The monoisotopic (exact) mass is 362 g/mol. The number of rotatable bonds is 8. The first kappa shape index (κ1) is 17.6. The minimum Gasteiger partial charge on any atom is -0.464 e. The van der Waals surface area contributed by atoms with E-state index in [4.69, 9.17) is 14.2 Å². The molecule has 0 aliphatic heterocycles. The molecule has 0 amide bonds. The van der Waals surface area contributed by atoms with E-state index in [1.165, 1.54) is 18.2 Å². The van der Waals surface area contributed by atoms with Gasteiger partial charge in [0.2, 0.25) is 0 Å². The van der Waals surface area contributed by atoms with Gasteiger partial charge in [-0.15, -0.1) is 0 Å². The number of hydrogen-bond acceptors (Lipinski definition) is 5. The van der Waals surface area contributed by atoms with Crippen LogP contribution in [0.2, 0.25) is 0 Å². The van der Waals surface area contributed by atoms with E-state index < -0.39 is 24.4 Å². The molecule has 0 aliphatic carbocycles. The molecule has 0 heterocycles. The highest BCUT2D eigenvalue weighted by Gasteiger charge is 2.10. The Bertz CT molecular complexity index is 492. The molecule has 1 aromatic carbocycles. The number of carbonyl (C=O) groups excluding carboxylic acids is 2. The van der Waals surface area contributed by atoms with Gasteiger partial charge in [-0.1, -0.05) is 13.3 Å². The minimum absolute atomic E-state index is 0.176. The fourth-order valence-corrected chi connectivity index (χ4v) is 1.73. The third kappa shape index (κ3) is 7.19. The van der Waals surface area contributed by atoms with E-state index in [0.717, 1.165) is 12.8 Å². The van der Waals surface area contributed by atoms with E-state index in [9.17, 15) is 14.0 Å². The number of carbonyl (C=O) groups is 2. The first-order chi connectivity index (χ1) is 10.0. The van der Waals surface area contributed by atoms with E-state index in [-0.39, 0.29) is 12.4 Å². The Balaban J connectivity index is 2.26. The first-order valence-corrected chi connectivity index (χ1v) is 7.21. The number of hydrogen-bond donors (Lipinski definition) is 0. The van der Waals surface area contributed by atoms with Crippen molar-refractivity contribution in [2.75, 3.05) is 19.8 Å². The van der Waals surface area contributed by atoms with Crippen LogP contribution in [0.3, 0.4) is 0 Å². The predicted molar refractivity (Wildman–Crippen MR) is 76.4 cm³/mol. The second-order valence-corrected chi connectivity index (χ2v) is 4.97. The van der Waals surface area contributed by atoms with Crippen molar-refractivity contribution in [2.24, 2.45) is 0 Å². The van der Waals surface area contributed by atoms with Gasteiger partial charge >= 0.3 is 11.9 Å². The normalized spacial score (nSPS) is 10.2. The maximum Gasteiger partial charge on any atom is 0.337 e. The zero-order valence-corrected chi connectivity index (χ0v) is 13.2. The zero-order valence-electron chi connectivity index (χ0n) is 11.6. The summed E-state index contributed by atoms with van der Waals surface area (Å²) in [6, 6.07) is 3.66. The summed E-state index contributed by atoms with van der Waals surface area (Å²) >= 11 is 3.07. The highest BCUT2D eigenvalue weighted by atomic mass is 79.9. The molecule has 0 aliphatic rings. The lowest BCUT2D eigenvalue weighted by Crippen LogP contribution is -2.20. The second kappa shape index (κ2) is 9.46. The summed E-state index contributed by atoms with van der Waals surface area (Å²) in [5, 5.41) is 0. The van der Waals surface area contributed by atoms with Gasteiger partial charge in [-0.2, -0.15) is 0 Å². The molecule has 0 bridgehead atoms. The summed E-state index contributed by atoms with van der Waals surface area (Å²) in [6.45, 7) is 1.61. The standard InChI is InChI=1S/C14H16BrFO5/c1-2-3-6-20-13(17)8-19-9-14(18)21-12-5-4-10(16)7-11(12)15/h4-5,7H,2-3,6,8-9H2,1H3. The molecule has 0 saturated carbocycles. The summed E-state index contributed by atoms with van der Waals surface area (Å²) < 4.78 is 27.9. The van der Waals surface area contributed by atoms with Crippen molar-refractivity contribution in [1.82, 2.24) is 0 Å². The SMILES string of the molecule is CCCCOC(=O)COCC(=O)Oc1ccc(F)cc1Br. The molecule has 0 atom stereocenters. The summed E-state index contributed by atoms with van der Waals surface area (Å²) in [6.07, 6.45) is 1.71. The molecule has 0 spiro atoms. The molecule has 0 aromatic heterocycles. The van der Waals surface area contributed by atoms with Crippen molar-refractivity contribution in [3.8, 4) is 5.75 Å². The van der Waals surface area contributed by atoms with Gasteiger partial charge in [0, 0.05) is 0 Å². The Hall–Kier alpha value is -1.47. The van der Waals surface area contributed by atoms with E-state index >= 15 is 0 Å². The van der Waals surface area contributed by atoms with Crippen molar-refractivity contribution in [1.29, 1.82) is 0 Å². The fourth-order valence-electron chi connectivity index (χ4n) is 1.30. The van der Waals surface area contributed by atoms with Crippen LogP contribution in [0.4, 0.5) is 4.39 Å². The van der Waals surface area contributed by atoms with E-state index in [0.29, 0.717) is 11.1 Å². The van der Waals surface area contributed by atoms with Gasteiger partial charge < -0.3 is 14.2 Å². The molecule has 0 N–H and O–H groups in total. The summed E-state index contributed by atoms with van der Waals surface area (Å²) in [4.78, 5) is 22.7. The van der Waals surface area contributed by atoms with Crippen LogP contribution in [-0.2, 0) is 19.1 Å². The largest absolute Gasteiger partial charge is 0.464 e. The van der Waals surface area contributed by atoms with Crippen LogP contribution in [-0.4, -0.2) is 31.8 Å². The van der Waals surface area contributed by atoms with Crippen molar-refractivity contribution < 1.29 is 28.2 Å². The Morgan fingerprint density at radius 2 is 1.95 bits per heavy atom. The van der Waals surface area contributed by atoms with Gasteiger partial charge in [0.05, 0.1) is 11.1 Å². The van der Waals surface area contributed by atoms with Gasteiger partial charge in [-0.3, -0.25) is 0 Å². The third-order valence-corrected chi connectivity index (χ3v) is 2.94. The third-order valence-electron chi connectivity index (χ3n) is 2.32. The molecule has 1 rings (SSSR count). The average molecular weight is 363 g/mol. The molecule has 0 fully saturated rings.